The van der Waals surface area contributed by atoms with Crippen LogP contribution in [0.25, 0.3) is 5.65 Å². The monoisotopic (exact) mass is 148 g/mol. The first-order valence-electron chi connectivity index (χ1n) is 3.40. The van der Waals surface area contributed by atoms with E-state index < -0.39 is 0 Å². The van der Waals surface area contributed by atoms with Gasteiger partial charge in [0.25, 0.3) is 0 Å². The largest absolute Gasteiger partial charge is 0.507 e. The number of aryl methyl sites for hydroxylation is 1. The van der Waals surface area contributed by atoms with Crippen LogP contribution < -0.4 is 0 Å². The minimum absolute atomic E-state index is 0.295. The first kappa shape index (κ1) is 6.22. The van der Waals surface area contributed by atoms with Crippen molar-refractivity contribution in [3.05, 3.63) is 30.2 Å². The molecule has 0 aliphatic heterocycles. The lowest BCUT2D eigenvalue weighted by atomic mass is 10.3. The third-order valence-electron chi connectivity index (χ3n) is 1.78. The molecule has 0 saturated heterocycles. The molecular weight excluding hydrogens is 140 g/mol. The fourth-order valence-corrected chi connectivity index (χ4v) is 1.11. The summed E-state index contributed by atoms with van der Waals surface area (Å²) < 4.78 is 1.87. The summed E-state index contributed by atoms with van der Waals surface area (Å²) in [5.41, 5.74) is 1.63. The second-order valence-corrected chi connectivity index (χ2v) is 2.48. The summed E-state index contributed by atoms with van der Waals surface area (Å²) in [6.07, 6.45) is 5.34. The summed E-state index contributed by atoms with van der Waals surface area (Å²) in [6.45, 7) is 1.84. The highest BCUT2D eigenvalue weighted by molar-refractivity contribution is 5.53. The van der Waals surface area contributed by atoms with Gasteiger partial charge in [-0.1, -0.05) is 0 Å². The molecule has 3 nitrogen and oxygen atoms in total. The summed E-state index contributed by atoms with van der Waals surface area (Å²) in [5.74, 6) is 0.295. The number of aromatic nitrogens is 2. The first-order chi connectivity index (χ1) is 5.29. The molecule has 0 atom stereocenters. The highest BCUT2D eigenvalue weighted by Gasteiger charge is 2.01. The van der Waals surface area contributed by atoms with Crippen LogP contribution in [0, 0.1) is 6.92 Å². The summed E-state index contributed by atoms with van der Waals surface area (Å²) in [5, 5.41) is 9.28. The predicted octanol–water partition coefficient (Wildman–Crippen LogP) is 1.35. The Hall–Kier alpha value is -1.51. The van der Waals surface area contributed by atoms with Gasteiger partial charge >= 0.3 is 0 Å². The Kier molecular flexibility index (Phi) is 1.12. The zero-order valence-corrected chi connectivity index (χ0v) is 6.15. The molecule has 2 heterocycles. The van der Waals surface area contributed by atoms with Crippen molar-refractivity contribution in [3.8, 4) is 5.75 Å². The maximum atomic E-state index is 9.28. The van der Waals surface area contributed by atoms with Crippen LogP contribution >= 0.6 is 0 Å². The van der Waals surface area contributed by atoms with E-state index in [1.54, 1.807) is 18.5 Å². The Labute approximate surface area is 63.9 Å². The third-order valence-corrected chi connectivity index (χ3v) is 1.78. The van der Waals surface area contributed by atoms with E-state index in [4.69, 9.17) is 0 Å². The van der Waals surface area contributed by atoms with E-state index in [2.05, 4.69) is 4.98 Å². The molecule has 0 saturated carbocycles. The van der Waals surface area contributed by atoms with Crippen LogP contribution in [0.3, 0.4) is 0 Å². The number of imidazole rings is 1. The molecule has 2 aromatic rings. The van der Waals surface area contributed by atoms with Crippen LogP contribution in [-0.4, -0.2) is 14.5 Å². The molecule has 11 heavy (non-hydrogen) atoms. The fourth-order valence-electron chi connectivity index (χ4n) is 1.11. The van der Waals surface area contributed by atoms with Gasteiger partial charge in [0.2, 0.25) is 0 Å². The summed E-state index contributed by atoms with van der Waals surface area (Å²) in [4.78, 5) is 4.08. The molecule has 3 heteroatoms. The normalized spacial score (nSPS) is 10.6. The van der Waals surface area contributed by atoms with Crippen molar-refractivity contribution in [2.45, 2.75) is 6.92 Å². The van der Waals surface area contributed by atoms with Gasteiger partial charge in [-0.25, -0.2) is 4.98 Å². The Balaban J connectivity index is 2.93. The summed E-state index contributed by atoms with van der Waals surface area (Å²) in [7, 11) is 0. The molecule has 2 aromatic heterocycles. The van der Waals surface area contributed by atoms with Crippen LogP contribution in [0.1, 0.15) is 5.56 Å². The molecule has 56 valence electrons. The molecule has 0 fully saturated rings. The van der Waals surface area contributed by atoms with E-state index in [1.165, 1.54) is 0 Å². The van der Waals surface area contributed by atoms with Gasteiger partial charge in [0.15, 0.2) is 0 Å². The molecule has 2 rings (SSSR count). The Morgan fingerprint density at radius 1 is 1.45 bits per heavy atom. The van der Waals surface area contributed by atoms with Gasteiger partial charge < -0.3 is 9.51 Å². The SMILES string of the molecule is Cc1c(O)ccn2ccnc12. The molecule has 0 radical (unpaired) electrons. The van der Waals surface area contributed by atoms with Crippen LogP contribution in [0.15, 0.2) is 24.7 Å². The summed E-state index contributed by atoms with van der Waals surface area (Å²) >= 11 is 0. The van der Waals surface area contributed by atoms with Crippen molar-refractivity contribution in [2.24, 2.45) is 0 Å². The third kappa shape index (κ3) is 0.774. The van der Waals surface area contributed by atoms with Crippen molar-refractivity contribution < 1.29 is 5.11 Å². The Morgan fingerprint density at radius 2 is 2.27 bits per heavy atom. The second kappa shape index (κ2) is 1.99. The average Bonchev–Trinajstić information content (AvgIpc) is 2.45. The summed E-state index contributed by atoms with van der Waals surface area (Å²) in [6, 6.07) is 1.66. The number of nitrogens with zero attached hydrogens (tertiary/aromatic N) is 2. The van der Waals surface area contributed by atoms with Gasteiger partial charge in [-0.05, 0) is 13.0 Å². The van der Waals surface area contributed by atoms with Crippen LogP contribution in [-0.2, 0) is 0 Å². The molecule has 1 N–H and O–H groups in total. The van der Waals surface area contributed by atoms with Crippen LogP contribution in [0.5, 0.6) is 5.75 Å². The van der Waals surface area contributed by atoms with E-state index >= 15 is 0 Å². The van der Waals surface area contributed by atoms with E-state index in [1.807, 2.05) is 17.5 Å². The second-order valence-electron chi connectivity index (χ2n) is 2.48. The number of fused-ring (bicyclic) bond motifs is 1. The smallest absolute Gasteiger partial charge is 0.143 e. The van der Waals surface area contributed by atoms with Crippen LogP contribution in [0.4, 0.5) is 0 Å². The van der Waals surface area contributed by atoms with E-state index in [0.29, 0.717) is 5.75 Å². The topological polar surface area (TPSA) is 37.5 Å². The minimum Gasteiger partial charge on any atom is -0.507 e. The zero-order valence-electron chi connectivity index (χ0n) is 6.15. The molecule has 0 aromatic carbocycles. The van der Waals surface area contributed by atoms with Crippen molar-refractivity contribution in [2.75, 3.05) is 0 Å². The predicted molar refractivity (Wildman–Crippen MR) is 41.6 cm³/mol. The number of aromatic hydroxyl groups is 1. The number of pyridine rings is 1. The highest BCUT2D eigenvalue weighted by Crippen LogP contribution is 2.18. The maximum absolute atomic E-state index is 9.28. The van der Waals surface area contributed by atoms with Gasteiger partial charge in [-0.15, -0.1) is 0 Å². The zero-order chi connectivity index (χ0) is 7.84. The maximum Gasteiger partial charge on any atom is 0.143 e. The van der Waals surface area contributed by atoms with Gasteiger partial charge in [0.1, 0.15) is 11.4 Å². The molecule has 0 bridgehead atoms. The Morgan fingerprint density at radius 3 is 3.09 bits per heavy atom. The van der Waals surface area contributed by atoms with Gasteiger partial charge in [0, 0.05) is 24.2 Å². The van der Waals surface area contributed by atoms with Crippen molar-refractivity contribution in [3.63, 3.8) is 0 Å². The lowest BCUT2D eigenvalue weighted by molar-refractivity contribution is 0.471. The molecule has 0 spiro atoms. The number of hydrogen-bond acceptors (Lipinski definition) is 2. The van der Waals surface area contributed by atoms with Crippen molar-refractivity contribution >= 4 is 5.65 Å². The first-order valence-corrected chi connectivity index (χ1v) is 3.40. The van der Waals surface area contributed by atoms with Gasteiger partial charge in [0.05, 0.1) is 0 Å². The molecule has 0 amide bonds. The van der Waals surface area contributed by atoms with Crippen molar-refractivity contribution in [1.29, 1.82) is 0 Å². The fraction of sp³-hybridized carbons (Fsp3) is 0.125. The quantitative estimate of drug-likeness (QED) is 0.612. The lowest BCUT2D eigenvalue weighted by Gasteiger charge is -1.99. The van der Waals surface area contributed by atoms with Crippen LogP contribution in [0.2, 0.25) is 0 Å². The highest BCUT2D eigenvalue weighted by atomic mass is 16.3. The minimum atomic E-state index is 0.295. The molecular formula is C8H8N2O. The van der Waals surface area contributed by atoms with Gasteiger partial charge in [-0.3, -0.25) is 0 Å². The molecule has 0 unspecified atom stereocenters. The Bertz CT molecular complexity index is 392. The standard InChI is InChI=1S/C8H8N2O/c1-6-7(11)2-4-10-5-3-9-8(6)10/h2-5,11H,1H3. The van der Waals surface area contributed by atoms with Gasteiger partial charge in [-0.2, -0.15) is 0 Å². The molecule has 0 aliphatic rings. The van der Waals surface area contributed by atoms with E-state index in [-0.39, 0.29) is 0 Å². The lowest BCUT2D eigenvalue weighted by Crippen LogP contribution is -1.85. The van der Waals surface area contributed by atoms with E-state index in [0.717, 1.165) is 11.2 Å². The number of hydrogen-bond donors (Lipinski definition) is 1. The van der Waals surface area contributed by atoms with E-state index in [9.17, 15) is 5.11 Å². The number of rotatable bonds is 0. The van der Waals surface area contributed by atoms with Crippen molar-refractivity contribution in [1.82, 2.24) is 9.38 Å². The molecule has 0 aliphatic carbocycles. The average molecular weight is 148 g/mol.